The lowest BCUT2D eigenvalue weighted by Crippen LogP contribution is -2.48. The van der Waals surface area contributed by atoms with Gasteiger partial charge >= 0.3 is 0 Å². The number of carbonyl (C=O) groups is 2. The number of piperazine rings is 1. The van der Waals surface area contributed by atoms with Crippen LogP contribution in [-0.4, -0.2) is 42.8 Å². The van der Waals surface area contributed by atoms with Crippen LogP contribution in [0, 0.1) is 0 Å². The first kappa shape index (κ1) is 16.5. The lowest BCUT2D eigenvalue weighted by Gasteiger charge is -2.36. The minimum Gasteiger partial charge on any atom is -0.368 e. The highest BCUT2D eigenvalue weighted by atomic mass is 35.5. The van der Waals surface area contributed by atoms with E-state index < -0.39 is 0 Å². The third-order valence-corrected chi connectivity index (χ3v) is 4.51. The summed E-state index contributed by atoms with van der Waals surface area (Å²) in [5, 5.41) is 0.574. The Bertz CT molecular complexity index is 750. The summed E-state index contributed by atoms with van der Waals surface area (Å²) in [4.78, 5) is 27.9. The number of carbonyl (C=O) groups excluding carboxylic acids is 2. The monoisotopic (exact) mass is 342 g/mol. The standard InChI is InChI=1S/C19H19ClN2O2/c1-14(23)15-5-7-18(8-6-15)21-9-11-22(12-10-21)19(24)16-3-2-4-17(20)13-16/h2-8,13H,9-12H2,1H3. The molecule has 0 bridgehead atoms. The topological polar surface area (TPSA) is 40.6 Å². The highest BCUT2D eigenvalue weighted by molar-refractivity contribution is 6.30. The van der Waals surface area contributed by atoms with Crippen LogP contribution >= 0.6 is 11.6 Å². The maximum atomic E-state index is 12.5. The van der Waals surface area contributed by atoms with Gasteiger partial charge in [-0.25, -0.2) is 0 Å². The summed E-state index contributed by atoms with van der Waals surface area (Å²) in [6.45, 7) is 4.44. The molecule has 1 aliphatic rings. The predicted octanol–water partition coefficient (Wildman–Crippen LogP) is 3.51. The van der Waals surface area contributed by atoms with Crippen LogP contribution in [0.25, 0.3) is 0 Å². The molecule has 0 radical (unpaired) electrons. The van der Waals surface area contributed by atoms with E-state index in [1.165, 1.54) is 0 Å². The number of Topliss-reactive ketones (excluding diaryl/α,β-unsaturated/α-hetero) is 1. The van der Waals surface area contributed by atoms with Crippen LogP contribution < -0.4 is 4.90 Å². The number of anilines is 1. The average Bonchev–Trinajstić information content (AvgIpc) is 2.61. The molecule has 0 saturated carbocycles. The van der Waals surface area contributed by atoms with Crippen molar-refractivity contribution in [1.29, 1.82) is 0 Å². The predicted molar refractivity (Wildman–Crippen MR) is 96.0 cm³/mol. The maximum absolute atomic E-state index is 12.5. The molecule has 4 nitrogen and oxygen atoms in total. The summed E-state index contributed by atoms with van der Waals surface area (Å²) in [5.41, 5.74) is 2.42. The molecule has 5 heteroatoms. The molecule has 1 amide bonds. The van der Waals surface area contributed by atoms with Crippen LogP contribution in [0.3, 0.4) is 0 Å². The first-order valence-corrected chi connectivity index (χ1v) is 8.33. The Hall–Kier alpha value is -2.33. The van der Waals surface area contributed by atoms with Gasteiger partial charge in [-0.2, -0.15) is 0 Å². The van der Waals surface area contributed by atoms with Crippen molar-refractivity contribution in [2.75, 3.05) is 31.1 Å². The van der Waals surface area contributed by atoms with E-state index in [-0.39, 0.29) is 11.7 Å². The SMILES string of the molecule is CC(=O)c1ccc(N2CCN(C(=O)c3cccc(Cl)c3)CC2)cc1. The molecule has 0 unspecified atom stereocenters. The zero-order valence-corrected chi connectivity index (χ0v) is 14.3. The molecule has 24 heavy (non-hydrogen) atoms. The largest absolute Gasteiger partial charge is 0.368 e. The number of nitrogens with zero attached hydrogens (tertiary/aromatic N) is 2. The summed E-state index contributed by atoms with van der Waals surface area (Å²) < 4.78 is 0. The van der Waals surface area contributed by atoms with Gasteiger partial charge < -0.3 is 9.80 Å². The molecule has 1 heterocycles. The number of benzene rings is 2. The third kappa shape index (κ3) is 3.60. The molecule has 3 rings (SSSR count). The number of halogens is 1. The Kier molecular flexibility index (Phi) is 4.86. The van der Waals surface area contributed by atoms with E-state index in [0.29, 0.717) is 29.2 Å². The van der Waals surface area contributed by atoms with Gasteiger partial charge in [0.1, 0.15) is 0 Å². The molecule has 2 aromatic rings. The Labute approximate surface area is 146 Å². The third-order valence-electron chi connectivity index (χ3n) is 4.28. The van der Waals surface area contributed by atoms with Crippen molar-refractivity contribution in [3.63, 3.8) is 0 Å². The van der Waals surface area contributed by atoms with E-state index in [1.807, 2.05) is 29.2 Å². The van der Waals surface area contributed by atoms with E-state index in [9.17, 15) is 9.59 Å². The molecule has 2 aromatic carbocycles. The molecule has 1 saturated heterocycles. The number of amides is 1. The first-order valence-electron chi connectivity index (χ1n) is 7.95. The molecule has 1 fully saturated rings. The summed E-state index contributed by atoms with van der Waals surface area (Å²) in [6, 6.07) is 14.7. The maximum Gasteiger partial charge on any atom is 0.254 e. The van der Waals surface area contributed by atoms with Gasteiger partial charge in [-0.15, -0.1) is 0 Å². The van der Waals surface area contributed by atoms with Gasteiger partial charge in [0.15, 0.2) is 5.78 Å². The Balaban J connectivity index is 1.63. The molecule has 0 atom stereocenters. The molecule has 0 aliphatic carbocycles. The molecule has 1 aliphatic heterocycles. The minimum atomic E-state index is 0.0177. The lowest BCUT2D eigenvalue weighted by molar-refractivity contribution is 0.0746. The van der Waals surface area contributed by atoms with Crippen LogP contribution in [-0.2, 0) is 0 Å². The van der Waals surface area contributed by atoms with Gasteiger partial charge in [-0.3, -0.25) is 9.59 Å². The Morgan fingerprint density at radius 3 is 2.17 bits per heavy atom. The smallest absolute Gasteiger partial charge is 0.254 e. The molecular formula is C19H19ClN2O2. The molecule has 0 N–H and O–H groups in total. The summed E-state index contributed by atoms with van der Waals surface area (Å²) in [6.07, 6.45) is 0. The van der Waals surface area contributed by atoms with Gasteiger partial charge in [-0.05, 0) is 49.4 Å². The molecule has 0 aromatic heterocycles. The van der Waals surface area contributed by atoms with Crippen LogP contribution in [0.4, 0.5) is 5.69 Å². The highest BCUT2D eigenvalue weighted by Gasteiger charge is 2.22. The normalized spacial score (nSPS) is 14.6. The fourth-order valence-corrected chi connectivity index (χ4v) is 3.07. The van der Waals surface area contributed by atoms with Crippen molar-refractivity contribution in [2.45, 2.75) is 6.92 Å². The quantitative estimate of drug-likeness (QED) is 0.801. The van der Waals surface area contributed by atoms with Gasteiger partial charge in [0.2, 0.25) is 0 Å². The average molecular weight is 343 g/mol. The fraction of sp³-hybridized carbons (Fsp3) is 0.263. The Morgan fingerprint density at radius 2 is 1.58 bits per heavy atom. The fourth-order valence-electron chi connectivity index (χ4n) is 2.88. The van der Waals surface area contributed by atoms with E-state index in [0.717, 1.165) is 18.8 Å². The van der Waals surface area contributed by atoms with Crippen molar-refractivity contribution in [3.8, 4) is 0 Å². The summed E-state index contributed by atoms with van der Waals surface area (Å²) >= 11 is 5.96. The van der Waals surface area contributed by atoms with Crippen molar-refractivity contribution in [2.24, 2.45) is 0 Å². The van der Waals surface area contributed by atoms with Gasteiger partial charge in [0, 0.05) is 48.0 Å². The highest BCUT2D eigenvalue weighted by Crippen LogP contribution is 2.19. The van der Waals surface area contributed by atoms with Crippen LogP contribution in [0.2, 0.25) is 5.02 Å². The minimum absolute atomic E-state index is 0.0177. The van der Waals surface area contributed by atoms with Crippen molar-refractivity contribution >= 4 is 29.0 Å². The number of rotatable bonds is 3. The number of hydrogen-bond donors (Lipinski definition) is 0. The zero-order chi connectivity index (χ0) is 17.1. The van der Waals surface area contributed by atoms with E-state index in [2.05, 4.69) is 4.90 Å². The van der Waals surface area contributed by atoms with E-state index in [1.54, 1.807) is 31.2 Å². The van der Waals surface area contributed by atoms with Gasteiger partial charge in [0.25, 0.3) is 5.91 Å². The van der Waals surface area contributed by atoms with Crippen molar-refractivity contribution in [1.82, 2.24) is 4.90 Å². The first-order chi connectivity index (χ1) is 11.5. The Morgan fingerprint density at radius 1 is 0.917 bits per heavy atom. The van der Waals surface area contributed by atoms with Crippen LogP contribution in [0.5, 0.6) is 0 Å². The molecule has 124 valence electrons. The summed E-state index contributed by atoms with van der Waals surface area (Å²) in [7, 11) is 0. The van der Waals surface area contributed by atoms with Crippen LogP contribution in [0.1, 0.15) is 27.6 Å². The van der Waals surface area contributed by atoms with Crippen molar-refractivity contribution in [3.05, 3.63) is 64.7 Å². The second-order valence-electron chi connectivity index (χ2n) is 5.89. The van der Waals surface area contributed by atoms with Gasteiger partial charge in [-0.1, -0.05) is 17.7 Å². The lowest BCUT2D eigenvalue weighted by atomic mass is 10.1. The zero-order valence-electron chi connectivity index (χ0n) is 13.5. The van der Waals surface area contributed by atoms with Crippen molar-refractivity contribution < 1.29 is 9.59 Å². The van der Waals surface area contributed by atoms with E-state index >= 15 is 0 Å². The van der Waals surface area contributed by atoms with Crippen LogP contribution in [0.15, 0.2) is 48.5 Å². The molecular weight excluding hydrogens is 324 g/mol. The van der Waals surface area contributed by atoms with E-state index in [4.69, 9.17) is 11.6 Å². The summed E-state index contributed by atoms with van der Waals surface area (Å²) in [5.74, 6) is 0.0857. The second-order valence-corrected chi connectivity index (χ2v) is 6.33. The van der Waals surface area contributed by atoms with Gasteiger partial charge in [0.05, 0.1) is 0 Å². The molecule has 0 spiro atoms. The number of ketones is 1. The number of hydrogen-bond acceptors (Lipinski definition) is 3. The second kappa shape index (κ2) is 7.05.